The van der Waals surface area contributed by atoms with Crippen LogP contribution in [0.2, 0.25) is 5.02 Å². The molecule has 0 spiro atoms. The number of halogens is 2. The second-order valence-electron chi connectivity index (χ2n) is 6.57. The first-order chi connectivity index (χ1) is 14.0. The first-order valence-corrected chi connectivity index (χ1v) is 9.22. The monoisotopic (exact) mass is 407 g/mol. The van der Waals surface area contributed by atoms with E-state index in [9.17, 15) is 19.1 Å². The molecule has 29 heavy (non-hydrogen) atoms. The third-order valence-electron chi connectivity index (χ3n) is 4.76. The van der Waals surface area contributed by atoms with Crippen molar-refractivity contribution in [2.24, 2.45) is 0 Å². The van der Waals surface area contributed by atoms with Gasteiger partial charge in [-0.25, -0.2) is 4.39 Å². The lowest BCUT2D eigenvalue weighted by Crippen LogP contribution is -2.29. The minimum atomic E-state index is -0.922. The molecular formula is C23H15ClFNO3. The Kier molecular flexibility index (Phi) is 4.91. The fraction of sp³-hybridized carbons (Fsp3) is 0.0435. The minimum Gasteiger partial charge on any atom is -0.507 e. The van der Waals surface area contributed by atoms with Crippen LogP contribution in [0.4, 0.5) is 10.1 Å². The fourth-order valence-corrected chi connectivity index (χ4v) is 3.62. The van der Waals surface area contributed by atoms with Crippen LogP contribution >= 0.6 is 11.6 Å². The second kappa shape index (κ2) is 7.53. The molecule has 144 valence electrons. The molecule has 0 saturated carbocycles. The second-order valence-corrected chi connectivity index (χ2v) is 7.00. The standard InChI is InChI=1S/C23H15ClFNO3/c24-16-7-4-8-18(13-16)26-20(14-9-11-17(25)12-10-14)19(22(28)23(26)29)21(27)15-5-2-1-3-6-15/h1-13,20,27H/t20-/m0/s1. The number of hydrogen-bond donors (Lipinski definition) is 1. The molecule has 1 amide bonds. The molecule has 1 aliphatic rings. The number of aliphatic hydroxyl groups excluding tert-OH is 1. The Labute approximate surface area is 171 Å². The van der Waals surface area contributed by atoms with Crippen LogP contribution in [-0.2, 0) is 9.59 Å². The molecule has 0 bridgehead atoms. The Hall–Kier alpha value is -3.44. The van der Waals surface area contributed by atoms with E-state index in [0.29, 0.717) is 21.8 Å². The fourth-order valence-electron chi connectivity index (χ4n) is 3.44. The number of anilines is 1. The summed E-state index contributed by atoms with van der Waals surface area (Å²) in [4.78, 5) is 27.1. The number of hydrogen-bond acceptors (Lipinski definition) is 3. The van der Waals surface area contributed by atoms with Gasteiger partial charge in [-0.15, -0.1) is 0 Å². The summed E-state index contributed by atoms with van der Waals surface area (Å²) in [7, 11) is 0. The Morgan fingerprint density at radius 2 is 1.62 bits per heavy atom. The Morgan fingerprint density at radius 1 is 0.931 bits per heavy atom. The van der Waals surface area contributed by atoms with Crippen LogP contribution in [-0.4, -0.2) is 16.8 Å². The molecule has 6 heteroatoms. The van der Waals surface area contributed by atoms with E-state index in [1.807, 2.05) is 0 Å². The third kappa shape index (κ3) is 3.41. The summed E-state index contributed by atoms with van der Waals surface area (Å²) < 4.78 is 13.5. The van der Waals surface area contributed by atoms with Gasteiger partial charge in [-0.3, -0.25) is 14.5 Å². The van der Waals surface area contributed by atoms with Gasteiger partial charge in [0.25, 0.3) is 11.7 Å². The number of amides is 1. The molecule has 1 atom stereocenters. The van der Waals surface area contributed by atoms with E-state index >= 15 is 0 Å². The third-order valence-corrected chi connectivity index (χ3v) is 5.00. The lowest BCUT2D eigenvalue weighted by atomic mass is 9.95. The van der Waals surface area contributed by atoms with Crippen molar-refractivity contribution in [3.8, 4) is 0 Å². The van der Waals surface area contributed by atoms with E-state index in [0.717, 1.165) is 0 Å². The zero-order valence-electron chi connectivity index (χ0n) is 15.0. The van der Waals surface area contributed by atoms with Crippen LogP contribution in [0.15, 0.2) is 84.4 Å². The highest BCUT2D eigenvalue weighted by Gasteiger charge is 2.46. The Balaban J connectivity index is 1.96. The smallest absolute Gasteiger partial charge is 0.300 e. The normalized spacial score (nSPS) is 18.3. The molecule has 0 unspecified atom stereocenters. The average Bonchev–Trinajstić information content (AvgIpc) is 2.99. The lowest BCUT2D eigenvalue weighted by molar-refractivity contribution is -0.132. The summed E-state index contributed by atoms with van der Waals surface area (Å²) in [6.45, 7) is 0. The van der Waals surface area contributed by atoms with E-state index in [2.05, 4.69) is 0 Å². The van der Waals surface area contributed by atoms with E-state index < -0.39 is 23.5 Å². The van der Waals surface area contributed by atoms with Crippen molar-refractivity contribution in [1.82, 2.24) is 0 Å². The largest absolute Gasteiger partial charge is 0.507 e. The van der Waals surface area contributed by atoms with Gasteiger partial charge < -0.3 is 5.11 Å². The van der Waals surface area contributed by atoms with Gasteiger partial charge >= 0.3 is 0 Å². The maximum absolute atomic E-state index is 13.5. The van der Waals surface area contributed by atoms with Crippen molar-refractivity contribution >= 4 is 34.7 Å². The maximum atomic E-state index is 13.5. The van der Waals surface area contributed by atoms with E-state index in [1.165, 1.54) is 29.2 Å². The van der Waals surface area contributed by atoms with Crippen molar-refractivity contribution < 1.29 is 19.1 Å². The number of Topliss-reactive ketones (excluding diaryl/α,β-unsaturated/α-hetero) is 1. The van der Waals surface area contributed by atoms with Crippen molar-refractivity contribution in [2.45, 2.75) is 6.04 Å². The van der Waals surface area contributed by atoms with Crippen molar-refractivity contribution in [3.05, 3.63) is 106 Å². The molecule has 3 aromatic carbocycles. The SMILES string of the molecule is O=C1C(=O)N(c2cccc(Cl)c2)[C@@H](c2ccc(F)cc2)C1=C(O)c1ccccc1. The highest BCUT2D eigenvalue weighted by Crippen LogP contribution is 2.42. The summed E-state index contributed by atoms with van der Waals surface area (Å²) in [5, 5.41) is 11.3. The first kappa shape index (κ1) is 18.9. The molecule has 0 aliphatic carbocycles. The number of rotatable bonds is 3. The molecule has 4 rings (SSSR count). The van der Waals surface area contributed by atoms with Gasteiger partial charge in [-0.2, -0.15) is 0 Å². The Morgan fingerprint density at radius 3 is 2.28 bits per heavy atom. The van der Waals surface area contributed by atoms with Gasteiger partial charge in [0, 0.05) is 16.3 Å². The predicted molar refractivity (Wildman–Crippen MR) is 109 cm³/mol. The Bertz CT molecular complexity index is 1130. The van der Waals surface area contributed by atoms with Gasteiger partial charge in [0.05, 0.1) is 11.6 Å². The van der Waals surface area contributed by atoms with Crippen LogP contribution < -0.4 is 4.90 Å². The maximum Gasteiger partial charge on any atom is 0.300 e. The molecule has 1 fully saturated rings. The molecule has 1 N–H and O–H groups in total. The number of nitrogens with zero attached hydrogens (tertiary/aromatic N) is 1. The van der Waals surface area contributed by atoms with Crippen LogP contribution in [0.3, 0.4) is 0 Å². The predicted octanol–water partition coefficient (Wildman–Crippen LogP) is 5.11. The van der Waals surface area contributed by atoms with Gasteiger partial charge in [-0.1, -0.05) is 60.1 Å². The van der Waals surface area contributed by atoms with E-state index in [4.69, 9.17) is 11.6 Å². The number of aliphatic hydroxyl groups is 1. The number of carbonyl (C=O) groups is 2. The van der Waals surface area contributed by atoms with Crippen LogP contribution in [0.1, 0.15) is 17.2 Å². The van der Waals surface area contributed by atoms with Crippen LogP contribution in [0.5, 0.6) is 0 Å². The van der Waals surface area contributed by atoms with E-state index in [-0.39, 0.29) is 11.3 Å². The van der Waals surface area contributed by atoms with Crippen molar-refractivity contribution in [1.29, 1.82) is 0 Å². The summed E-state index contributed by atoms with van der Waals surface area (Å²) >= 11 is 6.08. The quantitative estimate of drug-likeness (QED) is 0.373. The zero-order chi connectivity index (χ0) is 20.5. The summed E-state index contributed by atoms with van der Waals surface area (Å²) in [6, 6.07) is 19.6. The van der Waals surface area contributed by atoms with Gasteiger partial charge in [0.2, 0.25) is 0 Å². The minimum absolute atomic E-state index is 0.0622. The molecule has 0 aromatic heterocycles. The summed E-state index contributed by atoms with van der Waals surface area (Å²) in [5.74, 6) is -2.35. The average molecular weight is 408 g/mol. The summed E-state index contributed by atoms with van der Waals surface area (Å²) in [5.41, 5.74) is 1.24. The first-order valence-electron chi connectivity index (χ1n) is 8.85. The molecule has 0 radical (unpaired) electrons. The van der Waals surface area contributed by atoms with Gasteiger partial charge in [0.15, 0.2) is 0 Å². The van der Waals surface area contributed by atoms with E-state index in [1.54, 1.807) is 54.6 Å². The zero-order valence-corrected chi connectivity index (χ0v) is 15.8. The lowest BCUT2D eigenvalue weighted by Gasteiger charge is -2.25. The topological polar surface area (TPSA) is 57.6 Å². The summed E-state index contributed by atoms with van der Waals surface area (Å²) in [6.07, 6.45) is 0. The highest BCUT2D eigenvalue weighted by molar-refractivity contribution is 6.51. The van der Waals surface area contributed by atoms with Crippen LogP contribution in [0, 0.1) is 5.82 Å². The molecule has 1 heterocycles. The number of carbonyl (C=O) groups excluding carboxylic acids is 2. The highest BCUT2D eigenvalue weighted by atomic mass is 35.5. The molecule has 4 nitrogen and oxygen atoms in total. The molecule has 3 aromatic rings. The van der Waals surface area contributed by atoms with Crippen molar-refractivity contribution in [2.75, 3.05) is 4.90 Å². The van der Waals surface area contributed by atoms with Crippen molar-refractivity contribution in [3.63, 3.8) is 0 Å². The number of ketones is 1. The van der Waals surface area contributed by atoms with Crippen LogP contribution in [0.25, 0.3) is 5.76 Å². The van der Waals surface area contributed by atoms with Gasteiger partial charge in [0.1, 0.15) is 11.6 Å². The molecular weight excluding hydrogens is 393 g/mol. The number of benzene rings is 3. The van der Waals surface area contributed by atoms with Gasteiger partial charge in [-0.05, 0) is 35.9 Å². The molecule has 1 aliphatic heterocycles. The molecule has 1 saturated heterocycles.